The first-order valence-corrected chi connectivity index (χ1v) is 16.6. The molecule has 0 spiro atoms. The highest BCUT2D eigenvalue weighted by atomic mass is 19.4. The third-order valence-corrected chi connectivity index (χ3v) is 9.55. The third-order valence-electron chi connectivity index (χ3n) is 9.55. The van der Waals surface area contributed by atoms with Crippen LogP contribution in [-0.2, 0) is 37.5 Å². The van der Waals surface area contributed by atoms with Crippen LogP contribution in [0.25, 0.3) is 22.0 Å². The largest absolute Gasteiger partial charge is 0.497 e. The summed E-state index contributed by atoms with van der Waals surface area (Å²) in [6.07, 6.45) is 3.81. The van der Waals surface area contributed by atoms with Crippen molar-refractivity contribution in [3.63, 3.8) is 0 Å². The minimum atomic E-state index is -4.67. The first-order valence-electron chi connectivity index (χ1n) is 16.6. The second kappa shape index (κ2) is 13.8. The second-order valence-corrected chi connectivity index (χ2v) is 12.8. The summed E-state index contributed by atoms with van der Waals surface area (Å²) < 4.78 is 56.6. The number of pyridine rings is 1. The molecule has 14 heteroatoms. The minimum Gasteiger partial charge on any atom is -0.497 e. The minimum absolute atomic E-state index is 0.0479. The van der Waals surface area contributed by atoms with Crippen molar-refractivity contribution < 1.29 is 27.4 Å². The molecule has 0 unspecified atom stereocenters. The van der Waals surface area contributed by atoms with Gasteiger partial charge in [-0.25, -0.2) is 4.98 Å². The van der Waals surface area contributed by atoms with Crippen LogP contribution in [0.1, 0.15) is 32.7 Å². The molecule has 7 rings (SSSR count). The number of aromatic nitrogens is 5. The molecule has 1 fully saturated rings. The molecule has 2 aliphatic heterocycles. The molecule has 0 N–H and O–H groups in total. The molecule has 0 aliphatic carbocycles. The van der Waals surface area contributed by atoms with Crippen molar-refractivity contribution in [1.82, 2.24) is 34.1 Å². The molecule has 11 nitrogen and oxygen atoms in total. The highest BCUT2D eigenvalue weighted by Gasteiger charge is 2.39. The molecule has 2 aromatic carbocycles. The van der Waals surface area contributed by atoms with Crippen LogP contribution in [0, 0.1) is 0 Å². The van der Waals surface area contributed by atoms with E-state index in [-0.39, 0.29) is 18.0 Å². The summed E-state index contributed by atoms with van der Waals surface area (Å²) in [5.41, 5.74) is 3.39. The Morgan fingerprint density at radius 3 is 2.42 bits per heavy atom. The Labute approximate surface area is 287 Å². The molecule has 5 aromatic rings. The molecule has 1 amide bonds. The first kappa shape index (κ1) is 33.7. The van der Waals surface area contributed by atoms with Crippen molar-refractivity contribution in [3.8, 4) is 16.9 Å². The molecular formula is C36H39F3N8O3. The first-order chi connectivity index (χ1) is 24.1. The number of imidazole rings is 1. The molecule has 0 bridgehead atoms. The summed E-state index contributed by atoms with van der Waals surface area (Å²) in [6.45, 7) is 6.58. The highest BCUT2D eigenvalue weighted by Crippen LogP contribution is 2.41. The maximum Gasteiger partial charge on any atom is 0.435 e. The summed E-state index contributed by atoms with van der Waals surface area (Å²) in [4.78, 5) is 29.9. The van der Waals surface area contributed by atoms with E-state index in [1.54, 1.807) is 56.2 Å². The summed E-state index contributed by atoms with van der Waals surface area (Å²) >= 11 is 0. The van der Waals surface area contributed by atoms with E-state index in [1.165, 1.54) is 17.9 Å². The number of hydrogen-bond donors (Lipinski definition) is 0. The van der Waals surface area contributed by atoms with Gasteiger partial charge in [-0.3, -0.25) is 24.3 Å². The topological polar surface area (TPSA) is 93.8 Å². The fraction of sp³-hybridized carbons (Fsp3) is 0.389. The number of nitrogens with zero attached hydrogens (tertiary/aromatic N) is 8. The van der Waals surface area contributed by atoms with E-state index in [1.807, 2.05) is 22.8 Å². The predicted octanol–water partition coefficient (Wildman–Crippen LogP) is 4.87. The number of fused-ring (bicyclic) bond motifs is 2. The molecule has 5 heterocycles. The summed E-state index contributed by atoms with van der Waals surface area (Å²) in [6, 6.07) is 9.26. The Morgan fingerprint density at radius 2 is 1.70 bits per heavy atom. The van der Waals surface area contributed by atoms with E-state index >= 15 is 0 Å². The van der Waals surface area contributed by atoms with Gasteiger partial charge in [0.1, 0.15) is 5.75 Å². The lowest BCUT2D eigenvalue weighted by Gasteiger charge is -2.35. The van der Waals surface area contributed by atoms with E-state index in [9.17, 15) is 18.0 Å². The number of ether oxygens (including phenoxy) is 2. The van der Waals surface area contributed by atoms with E-state index in [0.717, 1.165) is 49.2 Å². The number of amides is 1. The summed E-state index contributed by atoms with van der Waals surface area (Å²) in [5, 5.41) is 4.54. The van der Waals surface area contributed by atoms with Gasteiger partial charge in [0.2, 0.25) is 0 Å². The predicted molar refractivity (Wildman–Crippen MR) is 182 cm³/mol. The lowest BCUT2D eigenvalue weighted by molar-refractivity contribution is -0.141. The van der Waals surface area contributed by atoms with Crippen molar-refractivity contribution in [2.24, 2.45) is 7.05 Å². The van der Waals surface area contributed by atoms with Crippen molar-refractivity contribution >= 4 is 22.5 Å². The molecule has 3 aromatic heterocycles. The Bertz CT molecular complexity index is 2000. The van der Waals surface area contributed by atoms with Crippen molar-refractivity contribution in [2.45, 2.75) is 25.7 Å². The standard InChI is InChI=1S/C36H39F3N8O3/c1-43-22-31(34(42-43)36(37,38)39)28-16-24(20-46-9-7-40-23-46)17-29-27(28)5-8-47(35(29)48)32-4-6-41-33-25(18-26(50-3)19-30(32)33)21-45-12-10-44(11-13-45)14-15-49-2/h4,6-7,9,16-19,22-23H,5,8,10-15,20-21H2,1-3H3. The number of carbonyl (C=O) groups excluding carboxylic acids is 1. The van der Waals surface area contributed by atoms with Crippen LogP contribution in [0.4, 0.5) is 18.9 Å². The van der Waals surface area contributed by atoms with Crippen LogP contribution in [0.5, 0.6) is 5.75 Å². The van der Waals surface area contributed by atoms with Gasteiger partial charge in [0, 0.05) is 108 Å². The lowest BCUT2D eigenvalue weighted by atomic mass is 9.87. The maximum absolute atomic E-state index is 14.5. The van der Waals surface area contributed by atoms with E-state index in [4.69, 9.17) is 14.5 Å². The van der Waals surface area contributed by atoms with Crippen LogP contribution in [0.15, 0.2) is 61.4 Å². The Morgan fingerprint density at radius 1 is 0.920 bits per heavy atom. The molecule has 1 saturated heterocycles. The zero-order valence-corrected chi connectivity index (χ0v) is 28.3. The number of aryl methyl sites for hydroxylation is 1. The number of benzene rings is 2. The van der Waals surface area contributed by atoms with Crippen molar-refractivity contribution in [1.29, 1.82) is 0 Å². The second-order valence-electron chi connectivity index (χ2n) is 12.8. The van der Waals surface area contributed by atoms with E-state index < -0.39 is 11.9 Å². The van der Waals surface area contributed by atoms with Gasteiger partial charge in [-0.15, -0.1) is 0 Å². The van der Waals surface area contributed by atoms with Crippen LogP contribution < -0.4 is 9.64 Å². The molecule has 0 radical (unpaired) electrons. The molecule has 0 atom stereocenters. The average Bonchev–Trinajstić information content (AvgIpc) is 3.77. The summed E-state index contributed by atoms with van der Waals surface area (Å²) in [5.74, 6) is 0.369. The number of anilines is 1. The monoisotopic (exact) mass is 688 g/mol. The zero-order chi connectivity index (χ0) is 35.0. The van der Waals surface area contributed by atoms with Gasteiger partial charge in [-0.05, 0) is 59.0 Å². The molecule has 50 heavy (non-hydrogen) atoms. The van der Waals surface area contributed by atoms with Gasteiger partial charge >= 0.3 is 6.18 Å². The lowest BCUT2D eigenvalue weighted by Crippen LogP contribution is -2.46. The highest BCUT2D eigenvalue weighted by molar-refractivity contribution is 6.13. The van der Waals surface area contributed by atoms with Crippen LogP contribution in [0.3, 0.4) is 0 Å². The van der Waals surface area contributed by atoms with Gasteiger partial charge in [0.05, 0.1) is 31.2 Å². The van der Waals surface area contributed by atoms with Gasteiger partial charge in [-0.2, -0.15) is 18.3 Å². The van der Waals surface area contributed by atoms with Gasteiger partial charge in [-0.1, -0.05) is 0 Å². The van der Waals surface area contributed by atoms with Crippen LogP contribution in [0.2, 0.25) is 0 Å². The zero-order valence-electron chi connectivity index (χ0n) is 28.3. The van der Waals surface area contributed by atoms with Crippen LogP contribution >= 0.6 is 0 Å². The number of methoxy groups -OCH3 is 2. The Balaban J connectivity index is 1.27. The number of carbonyl (C=O) groups is 1. The number of rotatable bonds is 10. The molecule has 0 saturated carbocycles. The van der Waals surface area contributed by atoms with Gasteiger partial charge in [0.25, 0.3) is 5.91 Å². The van der Waals surface area contributed by atoms with Crippen LogP contribution in [-0.4, -0.2) is 100 Å². The number of halogens is 3. The number of alkyl halides is 3. The van der Waals surface area contributed by atoms with E-state index in [0.29, 0.717) is 59.8 Å². The van der Waals surface area contributed by atoms with Crippen molar-refractivity contribution in [3.05, 3.63) is 89.4 Å². The van der Waals surface area contributed by atoms with Gasteiger partial charge in [0.15, 0.2) is 5.69 Å². The van der Waals surface area contributed by atoms with E-state index in [2.05, 4.69) is 19.9 Å². The van der Waals surface area contributed by atoms with Gasteiger partial charge < -0.3 is 18.9 Å². The molecule has 2 aliphatic rings. The number of piperazine rings is 1. The Hall–Kier alpha value is -4.79. The summed E-state index contributed by atoms with van der Waals surface area (Å²) in [7, 11) is 4.80. The average molecular weight is 689 g/mol. The molecular weight excluding hydrogens is 649 g/mol. The molecule has 262 valence electrons. The smallest absolute Gasteiger partial charge is 0.435 e. The SMILES string of the molecule is COCCN1CCN(Cc2cc(OC)cc3c(N4CCc5c(cc(Cn6ccnc6)cc5-c5cn(C)nc5C(F)(F)F)C4=O)ccnc23)CC1. The fourth-order valence-electron chi connectivity index (χ4n) is 7.10. The number of hydrogen-bond acceptors (Lipinski definition) is 8. The van der Waals surface area contributed by atoms with Crippen molar-refractivity contribution in [2.75, 3.05) is 65.0 Å². The maximum atomic E-state index is 14.5. The normalized spacial score (nSPS) is 16.0. The third kappa shape index (κ3) is 6.70. The fourth-order valence-corrected chi connectivity index (χ4v) is 7.10. The quantitative estimate of drug-likeness (QED) is 0.205. The Kier molecular flexibility index (Phi) is 9.33.